The third kappa shape index (κ3) is 7.34. The molecular formula is C33H52O10S. The average Bonchev–Trinajstić information content (AvgIpc) is 3.25. The summed E-state index contributed by atoms with van der Waals surface area (Å²) < 4.78 is 47.7. The minimum Gasteiger partial charge on any atom is -0.464 e. The number of rotatable bonds is 11. The first-order chi connectivity index (χ1) is 20.5. The smallest absolute Gasteiger partial charge is 0.305 e. The summed E-state index contributed by atoms with van der Waals surface area (Å²) in [6, 6.07) is 0. The van der Waals surface area contributed by atoms with Crippen LogP contribution in [0.5, 0.6) is 0 Å². The first kappa shape index (κ1) is 34.9. The Labute approximate surface area is 262 Å². The Kier molecular flexibility index (Phi) is 10.6. The molecule has 44 heavy (non-hydrogen) atoms. The van der Waals surface area contributed by atoms with E-state index in [0.29, 0.717) is 12.8 Å². The number of carbonyl (C=O) groups is 4. The van der Waals surface area contributed by atoms with Crippen LogP contribution in [0.4, 0.5) is 0 Å². The summed E-state index contributed by atoms with van der Waals surface area (Å²) in [5.74, 6) is 0.0154. The molecule has 0 aliphatic heterocycles. The zero-order valence-corrected chi connectivity index (χ0v) is 28.0. The molecule has 0 radical (unpaired) electrons. The molecule has 4 rings (SSSR count). The van der Waals surface area contributed by atoms with Crippen molar-refractivity contribution in [2.75, 3.05) is 12.4 Å². The molecule has 0 amide bonds. The van der Waals surface area contributed by atoms with Crippen LogP contribution in [-0.2, 0) is 43.5 Å². The molecule has 4 fully saturated rings. The van der Waals surface area contributed by atoms with Gasteiger partial charge in [-0.15, -0.1) is 0 Å². The minimum atomic E-state index is -4.20. The lowest BCUT2D eigenvalue weighted by atomic mass is 9.41. The standard InChI is InChI=1S/C33H52O10S/c1-19(7-10-30(37)41-13-14-44(38,39)40)26-8-9-27-31-28(17-24(15-20(2)34)33(26,27)6)32(5)12-11-25(42-21(3)35)16-23(32)18-29(31)43-22(4)36/h19,23-29,31H,7-18H2,1-6H3,(H,38,39,40)/t19-,23?,24?,25?,26-,27+,28+,29?,31+,32+,33-/m1/s1. The Balaban J connectivity index is 1.59. The van der Waals surface area contributed by atoms with Gasteiger partial charge in [-0.05, 0) is 105 Å². The fraction of sp³-hybridized carbons (Fsp3) is 0.879. The lowest BCUT2D eigenvalue weighted by molar-refractivity contribution is -0.208. The van der Waals surface area contributed by atoms with Gasteiger partial charge >= 0.3 is 17.9 Å². The molecular weight excluding hydrogens is 588 g/mol. The van der Waals surface area contributed by atoms with Gasteiger partial charge in [0.25, 0.3) is 10.1 Å². The highest BCUT2D eigenvalue weighted by Crippen LogP contribution is 2.71. The highest BCUT2D eigenvalue weighted by molar-refractivity contribution is 7.85. The molecule has 0 saturated heterocycles. The summed E-state index contributed by atoms with van der Waals surface area (Å²) in [5.41, 5.74) is -0.193. The largest absolute Gasteiger partial charge is 0.464 e. The van der Waals surface area contributed by atoms with Crippen molar-refractivity contribution < 1.29 is 46.4 Å². The van der Waals surface area contributed by atoms with Gasteiger partial charge in [0.05, 0.1) is 0 Å². The number of hydrogen-bond donors (Lipinski definition) is 1. The van der Waals surface area contributed by atoms with Crippen LogP contribution >= 0.6 is 0 Å². The molecule has 4 aliphatic carbocycles. The minimum absolute atomic E-state index is 0.0101. The van der Waals surface area contributed by atoms with Crippen LogP contribution in [0.3, 0.4) is 0 Å². The van der Waals surface area contributed by atoms with E-state index in [1.165, 1.54) is 13.8 Å². The van der Waals surface area contributed by atoms with E-state index in [2.05, 4.69) is 20.8 Å². The van der Waals surface area contributed by atoms with Gasteiger partial charge in [0.1, 0.15) is 30.4 Å². The summed E-state index contributed by atoms with van der Waals surface area (Å²) in [6.45, 7) is 11.1. The summed E-state index contributed by atoms with van der Waals surface area (Å²) in [5, 5.41) is 0. The number of Topliss-reactive ketones (excluding diaryl/α,β-unsaturated/α-hetero) is 1. The zero-order chi connectivity index (χ0) is 32.6. The van der Waals surface area contributed by atoms with E-state index < -0.39 is 21.8 Å². The number of esters is 3. The number of ether oxygens (including phenoxy) is 3. The van der Waals surface area contributed by atoms with E-state index in [1.54, 1.807) is 6.92 Å². The number of hydrogen-bond acceptors (Lipinski definition) is 9. The van der Waals surface area contributed by atoms with Gasteiger partial charge in [-0.2, -0.15) is 8.42 Å². The van der Waals surface area contributed by atoms with Crippen molar-refractivity contribution in [2.45, 2.75) is 118 Å². The maximum Gasteiger partial charge on any atom is 0.305 e. The van der Waals surface area contributed by atoms with E-state index in [4.69, 9.17) is 18.8 Å². The van der Waals surface area contributed by atoms with Gasteiger partial charge < -0.3 is 19.0 Å². The number of ketones is 1. The second-order valence-corrected chi connectivity index (χ2v) is 16.4. The van der Waals surface area contributed by atoms with Crippen LogP contribution in [0.2, 0.25) is 0 Å². The average molecular weight is 641 g/mol. The molecule has 0 spiro atoms. The SMILES string of the molecule is CC(=O)CC1C[C@H]2[C@@H](C(OC(C)=O)CC3CC(OC(C)=O)CC[C@@]32C)[C@@H]2CC[C@H]([C@H](C)CCC(=O)OCCS(=O)(=O)O)[C@@]12C. The topological polar surface area (TPSA) is 150 Å². The molecule has 0 aromatic heterocycles. The molecule has 11 atom stereocenters. The van der Waals surface area contributed by atoms with Crippen molar-refractivity contribution >= 4 is 33.8 Å². The van der Waals surface area contributed by atoms with Gasteiger partial charge in [0, 0.05) is 32.6 Å². The first-order valence-electron chi connectivity index (χ1n) is 16.4. The Hall–Kier alpha value is -2.01. The van der Waals surface area contributed by atoms with Gasteiger partial charge in [0.15, 0.2) is 0 Å². The fourth-order valence-corrected chi connectivity index (χ4v) is 10.8. The lowest BCUT2D eigenvalue weighted by Gasteiger charge is -2.64. The molecule has 11 heteroatoms. The maximum atomic E-state index is 12.7. The Morgan fingerprint density at radius 3 is 2.23 bits per heavy atom. The van der Waals surface area contributed by atoms with E-state index in [1.807, 2.05) is 0 Å². The van der Waals surface area contributed by atoms with Crippen molar-refractivity contribution in [2.24, 2.45) is 52.3 Å². The number of fused-ring (bicyclic) bond motifs is 5. The van der Waals surface area contributed by atoms with Gasteiger partial charge in [-0.3, -0.25) is 18.9 Å². The second kappa shape index (κ2) is 13.4. The quantitative estimate of drug-likeness (QED) is 0.182. The van der Waals surface area contributed by atoms with Crippen LogP contribution in [0, 0.1) is 52.3 Å². The van der Waals surface area contributed by atoms with Crippen molar-refractivity contribution in [3.8, 4) is 0 Å². The van der Waals surface area contributed by atoms with Gasteiger partial charge in [-0.1, -0.05) is 20.8 Å². The van der Waals surface area contributed by atoms with E-state index in [-0.39, 0.29) is 95.2 Å². The molecule has 0 heterocycles. The summed E-state index contributed by atoms with van der Waals surface area (Å²) >= 11 is 0. The molecule has 0 bridgehead atoms. The van der Waals surface area contributed by atoms with E-state index in [9.17, 15) is 27.6 Å². The molecule has 0 aromatic rings. The van der Waals surface area contributed by atoms with Crippen LogP contribution < -0.4 is 0 Å². The summed E-state index contributed by atoms with van der Waals surface area (Å²) in [6.07, 6.45) is 6.90. The second-order valence-electron chi connectivity index (χ2n) is 14.8. The Morgan fingerprint density at radius 1 is 0.932 bits per heavy atom. The first-order valence-corrected chi connectivity index (χ1v) is 18.0. The highest BCUT2D eigenvalue weighted by atomic mass is 32.2. The molecule has 4 aliphatic rings. The third-order valence-corrected chi connectivity index (χ3v) is 13.0. The Morgan fingerprint density at radius 2 is 1.61 bits per heavy atom. The third-order valence-electron chi connectivity index (χ3n) is 12.3. The maximum absolute atomic E-state index is 12.7. The monoisotopic (exact) mass is 640 g/mol. The van der Waals surface area contributed by atoms with Crippen molar-refractivity contribution in [1.29, 1.82) is 0 Å². The van der Waals surface area contributed by atoms with E-state index >= 15 is 0 Å². The lowest BCUT2D eigenvalue weighted by Crippen LogP contribution is -2.61. The van der Waals surface area contributed by atoms with Crippen molar-refractivity contribution in [3.63, 3.8) is 0 Å². The Bertz CT molecular complexity index is 1210. The molecule has 0 aromatic carbocycles. The predicted molar refractivity (Wildman–Crippen MR) is 162 cm³/mol. The highest BCUT2D eigenvalue weighted by Gasteiger charge is 2.66. The summed E-state index contributed by atoms with van der Waals surface area (Å²) in [7, 11) is -4.20. The molecule has 10 nitrogen and oxygen atoms in total. The van der Waals surface area contributed by atoms with Crippen molar-refractivity contribution in [1.82, 2.24) is 0 Å². The van der Waals surface area contributed by atoms with Gasteiger partial charge in [0.2, 0.25) is 0 Å². The molecule has 250 valence electrons. The summed E-state index contributed by atoms with van der Waals surface area (Å²) in [4.78, 5) is 49.3. The fourth-order valence-electron chi connectivity index (χ4n) is 10.5. The van der Waals surface area contributed by atoms with Crippen LogP contribution in [0.15, 0.2) is 0 Å². The normalized spacial score (nSPS) is 38.8. The van der Waals surface area contributed by atoms with E-state index in [0.717, 1.165) is 44.9 Å². The van der Waals surface area contributed by atoms with Gasteiger partial charge in [-0.25, -0.2) is 0 Å². The molecule has 4 unspecified atom stereocenters. The van der Waals surface area contributed by atoms with Crippen LogP contribution in [0.1, 0.15) is 106 Å². The van der Waals surface area contributed by atoms with Crippen molar-refractivity contribution in [3.05, 3.63) is 0 Å². The van der Waals surface area contributed by atoms with Crippen LogP contribution in [0.25, 0.3) is 0 Å². The number of carbonyl (C=O) groups excluding carboxylic acids is 4. The van der Waals surface area contributed by atoms with Crippen LogP contribution in [-0.4, -0.2) is 61.2 Å². The predicted octanol–water partition coefficient (Wildman–Crippen LogP) is 5.17. The molecule has 4 saturated carbocycles. The zero-order valence-electron chi connectivity index (χ0n) is 27.2. The molecule has 1 N–H and O–H groups in total.